The Morgan fingerprint density at radius 1 is 0.357 bits per heavy atom. The molecule has 0 aliphatic carbocycles. The second-order valence-corrected chi connectivity index (χ2v) is 10.1. The van der Waals surface area contributed by atoms with E-state index in [9.17, 15) is 39.5 Å². The number of rotatable bonds is 5. The van der Waals surface area contributed by atoms with E-state index >= 15 is 26.3 Å². The van der Waals surface area contributed by atoms with Gasteiger partial charge in [0.25, 0.3) is 0 Å². The van der Waals surface area contributed by atoms with Crippen LogP contribution in [0.25, 0.3) is 0 Å². The average Bonchev–Trinajstić information content (AvgIpc) is 2.96. The standard InChI is InChI=1S/C25H7BF15S/c1-6-2-4-7(5-3-6)42-26(8-11(27)17(33)23(39)18(34)12(8)28,9-13(29)19(35)24(40)20(36)14(9)30)10-15(31)21(37)25(41)22(38)16(10)32/h2-5H,1H3/q-1. The summed E-state index contributed by atoms with van der Waals surface area (Å²) in [6.45, 7) is 1.41. The van der Waals surface area contributed by atoms with Crippen molar-refractivity contribution in [3.63, 3.8) is 0 Å². The van der Waals surface area contributed by atoms with Crippen LogP contribution in [-0.4, -0.2) is 5.42 Å². The van der Waals surface area contributed by atoms with Gasteiger partial charge in [0.1, 0.15) is 34.9 Å². The van der Waals surface area contributed by atoms with Crippen LogP contribution in [0.3, 0.4) is 0 Å². The Bertz CT molecular complexity index is 1520. The van der Waals surface area contributed by atoms with Crippen molar-refractivity contribution in [3.8, 4) is 0 Å². The highest BCUT2D eigenvalue weighted by atomic mass is 32.2. The summed E-state index contributed by atoms with van der Waals surface area (Å²) in [5.41, 5.74) is -13.3. The third kappa shape index (κ3) is 4.39. The van der Waals surface area contributed by atoms with Crippen molar-refractivity contribution in [1.29, 1.82) is 0 Å². The van der Waals surface area contributed by atoms with Gasteiger partial charge in [-0.25, -0.2) is 65.9 Å². The molecule has 0 saturated carbocycles. The molecule has 17 heteroatoms. The second kappa shape index (κ2) is 10.8. The van der Waals surface area contributed by atoms with Crippen LogP contribution in [0.2, 0.25) is 0 Å². The van der Waals surface area contributed by atoms with E-state index in [1.54, 1.807) is 0 Å². The molecule has 4 aromatic rings. The highest BCUT2D eigenvalue weighted by molar-refractivity contribution is 8.33. The lowest BCUT2D eigenvalue weighted by Crippen LogP contribution is -2.71. The summed E-state index contributed by atoms with van der Waals surface area (Å²) < 4.78 is 221. The molecule has 0 aromatic heterocycles. The van der Waals surface area contributed by atoms with Gasteiger partial charge in [0.15, 0.2) is 57.8 Å². The minimum atomic E-state index is -5.69. The molecule has 0 heterocycles. The first kappa shape index (κ1) is 31.2. The Hall–Kier alpha value is -3.76. The Morgan fingerprint density at radius 3 is 0.810 bits per heavy atom. The van der Waals surface area contributed by atoms with E-state index in [0.29, 0.717) is 5.56 Å². The fourth-order valence-electron chi connectivity index (χ4n) is 4.37. The van der Waals surface area contributed by atoms with Crippen LogP contribution < -0.4 is 16.4 Å². The van der Waals surface area contributed by atoms with Gasteiger partial charge in [-0.1, -0.05) is 29.8 Å². The molecule has 0 atom stereocenters. The molecule has 0 N–H and O–H groups in total. The van der Waals surface area contributed by atoms with E-state index in [0.717, 1.165) is 24.3 Å². The molecule has 4 aromatic carbocycles. The molecule has 0 saturated heterocycles. The lowest BCUT2D eigenvalue weighted by atomic mass is 9.33. The average molecular weight is 635 g/mol. The molecule has 42 heavy (non-hydrogen) atoms. The van der Waals surface area contributed by atoms with Crippen molar-refractivity contribution >= 4 is 33.4 Å². The van der Waals surface area contributed by atoms with Gasteiger partial charge in [-0.2, -0.15) is 0 Å². The van der Waals surface area contributed by atoms with Crippen molar-refractivity contribution in [1.82, 2.24) is 0 Å². The summed E-state index contributed by atoms with van der Waals surface area (Å²) in [5.74, 6) is -45.4. The molecular weight excluding hydrogens is 628 g/mol. The van der Waals surface area contributed by atoms with E-state index in [1.165, 1.54) is 6.92 Å². The normalized spacial score (nSPS) is 11.9. The van der Waals surface area contributed by atoms with Gasteiger partial charge in [0.2, 0.25) is 0 Å². The third-order valence-electron chi connectivity index (χ3n) is 6.28. The summed E-state index contributed by atoms with van der Waals surface area (Å²) in [7, 11) is 0. The molecule has 0 nitrogen and oxygen atoms in total. The smallest absolute Gasteiger partial charge is 0.200 e. The first-order valence-electron chi connectivity index (χ1n) is 11.0. The lowest BCUT2D eigenvalue weighted by Gasteiger charge is -2.44. The zero-order valence-corrected chi connectivity index (χ0v) is 20.8. The number of aryl methyl sites for hydroxylation is 1. The summed E-state index contributed by atoms with van der Waals surface area (Å²) in [5, 5.41) is 0. The van der Waals surface area contributed by atoms with Gasteiger partial charge in [-0.05, 0) is 11.8 Å². The maximum atomic E-state index is 15.4. The van der Waals surface area contributed by atoms with Crippen molar-refractivity contribution in [3.05, 3.63) is 117 Å². The first-order chi connectivity index (χ1) is 19.5. The molecule has 222 valence electrons. The quantitative estimate of drug-likeness (QED) is 0.100. The van der Waals surface area contributed by atoms with E-state index < -0.39 is 126 Å². The van der Waals surface area contributed by atoms with Gasteiger partial charge in [-0.3, -0.25) is 0 Å². The van der Waals surface area contributed by atoms with Crippen molar-refractivity contribution in [2.75, 3.05) is 0 Å². The topological polar surface area (TPSA) is 0 Å². The van der Waals surface area contributed by atoms with Crippen molar-refractivity contribution < 1.29 is 65.9 Å². The largest absolute Gasteiger partial charge is 0.323 e. The number of benzene rings is 4. The zero-order chi connectivity index (χ0) is 31.6. The van der Waals surface area contributed by atoms with E-state index in [-0.39, 0.29) is 0 Å². The Balaban J connectivity index is 2.46. The van der Waals surface area contributed by atoms with Crippen LogP contribution >= 0.6 is 11.6 Å². The summed E-state index contributed by atoms with van der Waals surface area (Å²) in [4.78, 5) is -0.683. The molecule has 0 unspecified atom stereocenters. The SMILES string of the molecule is Cc1ccc(S[B-](c2c(F)c(F)c(F)c(F)c2F)(c2c(F)c(F)c(F)c(F)c2F)c2c(F)c(F)c(F)c(F)c2F)cc1. The van der Waals surface area contributed by atoms with Gasteiger partial charge >= 0.3 is 0 Å². The Labute approximate surface area is 228 Å². The molecular formula is C25H7BF15S-. The van der Waals surface area contributed by atoms with Crippen molar-refractivity contribution in [2.45, 2.75) is 11.8 Å². The summed E-state index contributed by atoms with van der Waals surface area (Å²) in [6.07, 6.45) is 0. The Morgan fingerprint density at radius 2 is 0.571 bits per heavy atom. The van der Waals surface area contributed by atoms with Gasteiger partial charge in [-0.15, -0.1) is 16.4 Å². The zero-order valence-electron chi connectivity index (χ0n) is 20.0. The maximum absolute atomic E-state index is 15.4. The fourth-order valence-corrected chi connectivity index (χ4v) is 6.04. The first-order valence-corrected chi connectivity index (χ1v) is 11.8. The Kier molecular flexibility index (Phi) is 8.03. The second-order valence-electron chi connectivity index (χ2n) is 8.67. The van der Waals surface area contributed by atoms with Crippen LogP contribution in [0.4, 0.5) is 65.9 Å². The van der Waals surface area contributed by atoms with Gasteiger partial charge in [0, 0.05) is 0 Å². The fraction of sp³-hybridized carbons (Fsp3) is 0.0400. The minimum absolute atomic E-state index is 0.348. The third-order valence-corrected chi connectivity index (χ3v) is 7.89. The number of hydrogen-bond donors (Lipinski definition) is 0. The van der Waals surface area contributed by atoms with Crippen LogP contribution in [0, 0.1) is 94.2 Å². The monoisotopic (exact) mass is 635 g/mol. The minimum Gasteiger partial charge on any atom is -0.323 e. The predicted molar refractivity (Wildman–Crippen MR) is 120 cm³/mol. The molecule has 0 spiro atoms. The van der Waals surface area contributed by atoms with Crippen LogP contribution in [0.15, 0.2) is 29.2 Å². The maximum Gasteiger partial charge on any atom is 0.200 e. The van der Waals surface area contributed by atoms with Crippen molar-refractivity contribution in [2.24, 2.45) is 0 Å². The molecule has 4 rings (SSSR count). The predicted octanol–water partition coefficient (Wildman–Crippen LogP) is 6.84. The lowest BCUT2D eigenvalue weighted by molar-refractivity contribution is 0.380. The van der Waals surface area contributed by atoms with Crippen LogP contribution in [0.5, 0.6) is 0 Å². The molecule has 0 aliphatic heterocycles. The molecule has 0 bridgehead atoms. The van der Waals surface area contributed by atoms with Crippen LogP contribution in [0.1, 0.15) is 5.56 Å². The highest BCUT2D eigenvalue weighted by Crippen LogP contribution is 2.37. The summed E-state index contributed by atoms with van der Waals surface area (Å²) in [6, 6.07) is 3.86. The molecule has 0 radical (unpaired) electrons. The summed E-state index contributed by atoms with van der Waals surface area (Å²) >= 11 is -0.686. The molecule has 0 aliphatic rings. The van der Waals surface area contributed by atoms with Crippen LogP contribution in [-0.2, 0) is 0 Å². The van der Waals surface area contributed by atoms with E-state index in [1.807, 2.05) is 0 Å². The molecule has 0 fully saturated rings. The van der Waals surface area contributed by atoms with E-state index in [4.69, 9.17) is 0 Å². The number of hydrogen-bond acceptors (Lipinski definition) is 1. The van der Waals surface area contributed by atoms with Gasteiger partial charge in [0.05, 0.1) is 0 Å². The molecule has 0 amide bonds. The van der Waals surface area contributed by atoms with Gasteiger partial charge < -0.3 is 11.6 Å². The number of halogens is 15. The highest BCUT2D eigenvalue weighted by Gasteiger charge is 2.48. The van der Waals surface area contributed by atoms with E-state index in [2.05, 4.69) is 0 Å².